The van der Waals surface area contributed by atoms with Crippen LogP contribution in [0.25, 0.3) is 0 Å². The second-order valence-electron chi connectivity index (χ2n) is 5.55. The summed E-state index contributed by atoms with van der Waals surface area (Å²) < 4.78 is 27.0. The topological polar surface area (TPSA) is 109 Å². The number of aryl methyl sites for hydroxylation is 1. The van der Waals surface area contributed by atoms with Crippen LogP contribution in [-0.2, 0) is 27.8 Å². The largest absolute Gasteiger partial charge is 0.480 e. The van der Waals surface area contributed by atoms with Gasteiger partial charge in [-0.05, 0) is 42.2 Å². The SMILES string of the molecule is Cc1ccc(CNS(=O)(=O)c2ccccc2)cc1C[C@H](N)C(=O)O. The van der Waals surface area contributed by atoms with Crippen LogP contribution in [0.5, 0.6) is 0 Å². The van der Waals surface area contributed by atoms with Crippen molar-refractivity contribution in [3.8, 4) is 0 Å². The highest BCUT2D eigenvalue weighted by Crippen LogP contribution is 2.14. The second kappa shape index (κ2) is 7.57. The first kappa shape index (κ1) is 18.1. The average molecular weight is 348 g/mol. The van der Waals surface area contributed by atoms with Crippen molar-refractivity contribution in [2.45, 2.75) is 30.8 Å². The van der Waals surface area contributed by atoms with Crippen LogP contribution in [-0.4, -0.2) is 25.5 Å². The molecule has 2 rings (SSSR count). The molecule has 4 N–H and O–H groups in total. The summed E-state index contributed by atoms with van der Waals surface area (Å²) in [6.07, 6.45) is 0.195. The van der Waals surface area contributed by atoms with E-state index in [1.807, 2.05) is 13.0 Å². The average Bonchev–Trinajstić information content (AvgIpc) is 2.56. The van der Waals surface area contributed by atoms with Crippen LogP contribution in [0.15, 0.2) is 53.4 Å². The van der Waals surface area contributed by atoms with E-state index in [0.29, 0.717) is 0 Å². The summed E-state index contributed by atoms with van der Waals surface area (Å²) >= 11 is 0. The third-order valence-electron chi connectivity index (χ3n) is 3.69. The summed E-state index contributed by atoms with van der Waals surface area (Å²) in [4.78, 5) is 11.1. The van der Waals surface area contributed by atoms with Crippen molar-refractivity contribution in [3.05, 3.63) is 65.2 Å². The molecule has 0 unspecified atom stereocenters. The van der Waals surface area contributed by atoms with Gasteiger partial charge in [0, 0.05) is 6.54 Å². The lowest BCUT2D eigenvalue weighted by atomic mass is 9.99. The monoisotopic (exact) mass is 348 g/mol. The standard InChI is InChI=1S/C17H20N2O4S/c1-12-7-8-13(9-14(12)10-16(18)17(20)21)11-19-24(22,23)15-5-3-2-4-6-15/h2-9,16,19H,10-11,18H2,1H3,(H,20,21)/t16-/m0/s1. The molecule has 0 aliphatic carbocycles. The molecule has 0 aliphatic heterocycles. The van der Waals surface area contributed by atoms with Crippen molar-refractivity contribution in [1.82, 2.24) is 4.72 Å². The molecule has 2 aromatic rings. The van der Waals surface area contributed by atoms with Gasteiger partial charge in [-0.2, -0.15) is 0 Å². The molecule has 0 spiro atoms. The van der Waals surface area contributed by atoms with Crippen molar-refractivity contribution in [3.63, 3.8) is 0 Å². The molecule has 6 nitrogen and oxygen atoms in total. The second-order valence-corrected chi connectivity index (χ2v) is 7.31. The molecule has 0 fully saturated rings. The predicted octanol–water partition coefficient (Wildman–Crippen LogP) is 1.43. The number of benzene rings is 2. The lowest BCUT2D eigenvalue weighted by Gasteiger charge is -2.12. The maximum Gasteiger partial charge on any atom is 0.320 e. The molecule has 0 radical (unpaired) electrons. The number of carboxylic acids is 1. The van der Waals surface area contributed by atoms with Crippen molar-refractivity contribution < 1.29 is 18.3 Å². The Balaban J connectivity index is 2.12. The number of carboxylic acid groups (broad SMARTS) is 1. The molecule has 0 saturated heterocycles. The van der Waals surface area contributed by atoms with E-state index in [2.05, 4.69) is 4.72 Å². The van der Waals surface area contributed by atoms with Gasteiger partial charge in [0.05, 0.1) is 4.90 Å². The van der Waals surface area contributed by atoms with Crippen LogP contribution in [0.4, 0.5) is 0 Å². The van der Waals surface area contributed by atoms with Crippen LogP contribution in [0.1, 0.15) is 16.7 Å². The normalized spacial score (nSPS) is 12.8. The molecule has 0 heterocycles. The maximum absolute atomic E-state index is 12.2. The Bertz CT molecular complexity index is 820. The number of rotatable bonds is 7. The molecule has 128 valence electrons. The van der Waals surface area contributed by atoms with Gasteiger partial charge >= 0.3 is 5.97 Å². The maximum atomic E-state index is 12.2. The molecule has 0 amide bonds. The molecule has 24 heavy (non-hydrogen) atoms. The van der Waals surface area contributed by atoms with E-state index >= 15 is 0 Å². The Morgan fingerprint density at radius 2 is 1.88 bits per heavy atom. The van der Waals surface area contributed by atoms with Crippen LogP contribution >= 0.6 is 0 Å². The molecule has 7 heteroatoms. The molecule has 2 aromatic carbocycles. The van der Waals surface area contributed by atoms with Gasteiger partial charge in [-0.15, -0.1) is 0 Å². The quantitative estimate of drug-likeness (QED) is 0.701. The number of aliphatic carboxylic acids is 1. The summed E-state index contributed by atoms with van der Waals surface area (Å²) in [6, 6.07) is 12.5. The molecule has 0 bridgehead atoms. The van der Waals surface area contributed by atoms with Gasteiger partial charge in [0.2, 0.25) is 10.0 Å². The summed E-state index contributed by atoms with van der Waals surface area (Å²) in [6.45, 7) is 1.98. The molecular formula is C17H20N2O4S. The van der Waals surface area contributed by atoms with Crippen LogP contribution in [0.3, 0.4) is 0 Å². The Kier molecular flexibility index (Phi) is 5.71. The Labute approximate surface area is 141 Å². The molecule has 0 saturated carbocycles. The third-order valence-corrected chi connectivity index (χ3v) is 5.11. The number of carbonyl (C=O) groups is 1. The lowest BCUT2D eigenvalue weighted by molar-refractivity contribution is -0.138. The number of nitrogens with two attached hydrogens (primary N) is 1. The fourth-order valence-electron chi connectivity index (χ4n) is 2.24. The minimum absolute atomic E-state index is 0.118. The first-order chi connectivity index (χ1) is 11.3. The van der Waals surface area contributed by atoms with Crippen molar-refractivity contribution >= 4 is 16.0 Å². The van der Waals surface area contributed by atoms with Crippen LogP contribution in [0.2, 0.25) is 0 Å². The van der Waals surface area contributed by atoms with Gasteiger partial charge in [0.1, 0.15) is 6.04 Å². The molecule has 0 aliphatic rings. The van der Waals surface area contributed by atoms with Crippen LogP contribution < -0.4 is 10.5 Å². The van der Waals surface area contributed by atoms with E-state index < -0.39 is 22.0 Å². The predicted molar refractivity (Wildman–Crippen MR) is 91.0 cm³/mol. The fraction of sp³-hybridized carbons (Fsp3) is 0.235. The van der Waals surface area contributed by atoms with E-state index in [0.717, 1.165) is 16.7 Å². The van der Waals surface area contributed by atoms with Crippen molar-refractivity contribution in [1.29, 1.82) is 0 Å². The third kappa shape index (κ3) is 4.64. The smallest absolute Gasteiger partial charge is 0.320 e. The Hall–Kier alpha value is -2.22. The summed E-state index contributed by atoms with van der Waals surface area (Å²) in [7, 11) is -3.59. The van der Waals surface area contributed by atoms with Gasteiger partial charge in [-0.25, -0.2) is 13.1 Å². The van der Waals surface area contributed by atoms with E-state index in [1.165, 1.54) is 12.1 Å². The summed E-state index contributed by atoms with van der Waals surface area (Å²) in [5.74, 6) is -1.07. The number of nitrogens with one attached hydrogen (secondary N) is 1. The highest BCUT2D eigenvalue weighted by atomic mass is 32.2. The van der Waals surface area contributed by atoms with E-state index in [-0.39, 0.29) is 17.9 Å². The number of hydrogen-bond donors (Lipinski definition) is 3. The van der Waals surface area contributed by atoms with E-state index in [9.17, 15) is 13.2 Å². The number of hydrogen-bond acceptors (Lipinski definition) is 4. The Morgan fingerprint density at radius 1 is 1.21 bits per heavy atom. The zero-order valence-electron chi connectivity index (χ0n) is 13.3. The summed E-state index contributed by atoms with van der Waals surface area (Å²) in [5.41, 5.74) is 8.03. The minimum Gasteiger partial charge on any atom is -0.480 e. The van der Waals surface area contributed by atoms with E-state index in [1.54, 1.807) is 30.3 Å². The minimum atomic E-state index is -3.59. The fourth-order valence-corrected chi connectivity index (χ4v) is 3.28. The van der Waals surface area contributed by atoms with Crippen LogP contribution in [0, 0.1) is 6.92 Å². The zero-order chi connectivity index (χ0) is 17.7. The first-order valence-electron chi connectivity index (χ1n) is 7.41. The Morgan fingerprint density at radius 3 is 2.50 bits per heavy atom. The van der Waals surface area contributed by atoms with Gasteiger partial charge in [0.15, 0.2) is 0 Å². The van der Waals surface area contributed by atoms with Gasteiger partial charge in [-0.3, -0.25) is 4.79 Å². The van der Waals surface area contributed by atoms with Gasteiger partial charge in [-0.1, -0.05) is 36.4 Å². The zero-order valence-corrected chi connectivity index (χ0v) is 14.1. The summed E-state index contributed by atoms with van der Waals surface area (Å²) in [5, 5.41) is 8.92. The number of sulfonamides is 1. The molecule has 0 aromatic heterocycles. The highest BCUT2D eigenvalue weighted by Gasteiger charge is 2.15. The highest BCUT2D eigenvalue weighted by molar-refractivity contribution is 7.89. The van der Waals surface area contributed by atoms with Gasteiger partial charge < -0.3 is 10.8 Å². The molecular weight excluding hydrogens is 328 g/mol. The van der Waals surface area contributed by atoms with E-state index in [4.69, 9.17) is 10.8 Å². The van der Waals surface area contributed by atoms with Gasteiger partial charge in [0.25, 0.3) is 0 Å². The first-order valence-corrected chi connectivity index (χ1v) is 8.89. The van der Waals surface area contributed by atoms with Crippen molar-refractivity contribution in [2.24, 2.45) is 5.73 Å². The van der Waals surface area contributed by atoms with Crippen molar-refractivity contribution in [2.75, 3.05) is 0 Å². The lowest BCUT2D eigenvalue weighted by Crippen LogP contribution is -2.32. The molecule has 1 atom stereocenters.